The second kappa shape index (κ2) is 6.10. The normalized spacial score (nSPS) is 11.3. The number of ether oxygens (including phenoxy) is 1. The van der Waals surface area contributed by atoms with Gasteiger partial charge in [0.25, 0.3) is 0 Å². The van der Waals surface area contributed by atoms with Crippen molar-refractivity contribution in [2.45, 2.75) is 26.8 Å². The van der Waals surface area contributed by atoms with E-state index in [2.05, 4.69) is 32.8 Å². The van der Waals surface area contributed by atoms with E-state index in [0.717, 1.165) is 40.7 Å². The number of hydrogen-bond acceptors (Lipinski definition) is 4. The number of nitrogens with zero attached hydrogens (tertiary/aromatic N) is 3. The maximum Gasteiger partial charge on any atom is 0.156 e. The summed E-state index contributed by atoms with van der Waals surface area (Å²) < 4.78 is 7.57. The van der Waals surface area contributed by atoms with Crippen molar-refractivity contribution in [1.29, 1.82) is 0 Å². The van der Waals surface area contributed by atoms with E-state index in [9.17, 15) is 0 Å². The molecule has 0 spiro atoms. The maximum absolute atomic E-state index is 5.37. The molecular formula is C16H20N4O. The van der Waals surface area contributed by atoms with Crippen LogP contribution in [0, 0.1) is 0 Å². The first-order chi connectivity index (χ1) is 10.3. The van der Waals surface area contributed by atoms with E-state index in [1.165, 1.54) is 0 Å². The van der Waals surface area contributed by atoms with Crippen LogP contribution in [0.1, 0.15) is 20.3 Å². The third-order valence-corrected chi connectivity index (χ3v) is 3.46. The Morgan fingerprint density at radius 2 is 2.10 bits per heavy atom. The number of para-hydroxylation sites is 1. The minimum Gasteiger partial charge on any atom is -0.362 e. The van der Waals surface area contributed by atoms with E-state index >= 15 is 0 Å². The van der Waals surface area contributed by atoms with E-state index in [-0.39, 0.29) is 0 Å². The molecule has 2 aromatic heterocycles. The summed E-state index contributed by atoms with van der Waals surface area (Å²) in [7, 11) is 0. The minimum absolute atomic E-state index is 0.442. The lowest BCUT2D eigenvalue weighted by Crippen LogP contribution is -2.08. The summed E-state index contributed by atoms with van der Waals surface area (Å²) in [6, 6.07) is 8.18. The van der Waals surface area contributed by atoms with Crippen molar-refractivity contribution in [3.05, 3.63) is 30.6 Å². The van der Waals surface area contributed by atoms with Gasteiger partial charge in [-0.15, -0.1) is 0 Å². The zero-order chi connectivity index (χ0) is 14.7. The number of nitrogens with one attached hydrogen (secondary N) is 1. The number of rotatable bonds is 6. The van der Waals surface area contributed by atoms with Crippen LogP contribution in [0.5, 0.6) is 0 Å². The Hall–Kier alpha value is -2.14. The summed E-state index contributed by atoms with van der Waals surface area (Å²) in [4.78, 5) is 9.23. The average Bonchev–Trinajstić information content (AvgIpc) is 2.92. The molecule has 0 aliphatic heterocycles. The van der Waals surface area contributed by atoms with Crippen molar-refractivity contribution in [3.63, 3.8) is 0 Å². The number of hydrogen-bond donors (Lipinski definition) is 1. The van der Waals surface area contributed by atoms with Gasteiger partial charge < -0.3 is 14.6 Å². The van der Waals surface area contributed by atoms with Crippen molar-refractivity contribution in [1.82, 2.24) is 14.5 Å². The van der Waals surface area contributed by atoms with Crippen LogP contribution in [0.2, 0.25) is 0 Å². The van der Waals surface area contributed by atoms with Gasteiger partial charge in [0.1, 0.15) is 12.2 Å². The molecule has 110 valence electrons. The highest BCUT2D eigenvalue weighted by Crippen LogP contribution is 2.28. The van der Waals surface area contributed by atoms with Gasteiger partial charge in [-0.3, -0.25) is 0 Å². The lowest BCUT2D eigenvalue weighted by Gasteiger charge is -2.10. The molecule has 5 nitrogen and oxygen atoms in total. The predicted molar refractivity (Wildman–Crippen MR) is 85.4 cm³/mol. The Morgan fingerprint density at radius 1 is 1.24 bits per heavy atom. The van der Waals surface area contributed by atoms with Gasteiger partial charge in [0.2, 0.25) is 0 Å². The highest BCUT2D eigenvalue weighted by atomic mass is 16.5. The number of aromatic nitrogens is 3. The van der Waals surface area contributed by atoms with Crippen LogP contribution in [0.3, 0.4) is 0 Å². The van der Waals surface area contributed by atoms with Crippen molar-refractivity contribution < 1.29 is 4.74 Å². The Labute approximate surface area is 124 Å². The summed E-state index contributed by atoms with van der Waals surface area (Å²) in [6.45, 7) is 6.21. The lowest BCUT2D eigenvalue weighted by molar-refractivity contribution is 0.166. The van der Waals surface area contributed by atoms with Crippen LogP contribution in [-0.2, 0) is 11.3 Å². The summed E-state index contributed by atoms with van der Waals surface area (Å²) in [5.74, 6) is 0.784. The number of anilines is 1. The molecule has 3 rings (SSSR count). The van der Waals surface area contributed by atoms with Crippen LogP contribution < -0.4 is 5.32 Å². The van der Waals surface area contributed by atoms with Crippen LogP contribution in [0.4, 0.5) is 5.82 Å². The molecule has 0 fully saturated rings. The smallest absolute Gasteiger partial charge is 0.156 e. The predicted octanol–water partition coefficient (Wildman–Crippen LogP) is 3.40. The van der Waals surface area contributed by atoms with E-state index in [0.29, 0.717) is 13.3 Å². The highest BCUT2D eigenvalue weighted by molar-refractivity contribution is 6.06. The topological polar surface area (TPSA) is 52.0 Å². The molecule has 0 amide bonds. The number of benzene rings is 1. The molecule has 0 unspecified atom stereocenters. The molecule has 21 heavy (non-hydrogen) atoms. The van der Waals surface area contributed by atoms with Gasteiger partial charge in [-0.2, -0.15) is 0 Å². The molecular weight excluding hydrogens is 264 g/mol. The molecule has 1 aromatic carbocycles. The largest absolute Gasteiger partial charge is 0.362 e. The van der Waals surface area contributed by atoms with Crippen LogP contribution in [0.25, 0.3) is 21.9 Å². The zero-order valence-corrected chi connectivity index (χ0v) is 12.5. The quantitative estimate of drug-likeness (QED) is 0.557. The third kappa shape index (κ3) is 2.56. The van der Waals surface area contributed by atoms with Crippen molar-refractivity contribution >= 4 is 27.8 Å². The summed E-state index contributed by atoms with van der Waals surface area (Å²) >= 11 is 0. The number of pyridine rings is 1. The monoisotopic (exact) mass is 284 g/mol. The Kier molecular flexibility index (Phi) is 4.01. The first-order valence-corrected chi connectivity index (χ1v) is 7.40. The second-order valence-corrected chi connectivity index (χ2v) is 4.93. The minimum atomic E-state index is 0.442. The van der Waals surface area contributed by atoms with Gasteiger partial charge in [-0.05, 0) is 19.4 Å². The van der Waals surface area contributed by atoms with Crippen molar-refractivity contribution in [2.75, 3.05) is 18.7 Å². The molecule has 2 heterocycles. The maximum atomic E-state index is 5.37. The van der Waals surface area contributed by atoms with Gasteiger partial charge in [-0.1, -0.05) is 25.1 Å². The van der Waals surface area contributed by atoms with E-state index < -0.39 is 0 Å². The molecule has 5 heteroatoms. The molecule has 0 saturated carbocycles. The fourth-order valence-electron chi connectivity index (χ4n) is 2.54. The lowest BCUT2D eigenvalue weighted by atomic mass is 10.2. The Morgan fingerprint density at radius 3 is 2.90 bits per heavy atom. The van der Waals surface area contributed by atoms with Crippen molar-refractivity contribution in [2.24, 2.45) is 0 Å². The van der Waals surface area contributed by atoms with Gasteiger partial charge in [0.15, 0.2) is 5.82 Å². The zero-order valence-electron chi connectivity index (χ0n) is 12.5. The fraction of sp³-hybridized carbons (Fsp3) is 0.375. The SMILES string of the molecule is CCCn1cnc2c(NCOCC)nc3ccccc3c21. The molecule has 0 aliphatic carbocycles. The van der Waals surface area contributed by atoms with E-state index in [1.807, 2.05) is 31.5 Å². The Balaban J connectivity index is 2.17. The van der Waals surface area contributed by atoms with Gasteiger partial charge in [-0.25, -0.2) is 9.97 Å². The van der Waals surface area contributed by atoms with Crippen LogP contribution in [-0.4, -0.2) is 27.9 Å². The molecule has 0 radical (unpaired) electrons. The molecule has 3 aromatic rings. The van der Waals surface area contributed by atoms with Gasteiger partial charge >= 0.3 is 0 Å². The molecule has 0 aliphatic rings. The highest BCUT2D eigenvalue weighted by Gasteiger charge is 2.13. The molecule has 1 N–H and O–H groups in total. The molecule has 0 atom stereocenters. The molecule has 0 bridgehead atoms. The van der Waals surface area contributed by atoms with Gasteiger partial charge in [0.05, 0.1) is 17.4 Å². The van der Waals surface area contributed by atoms with E-state index in [4.69, 9.17) is 4.74 Å². The first-order valence-electron chi connectivity index (χ1n) is 7.40. The Bertz CT molecular complexity index is 750. The average molecular weight is 284 g/mol. The van der Waals surface area contributed by atoms with Crippen molar-refractivity contribution in [3.8, 4) is 0 Å². The van der Waals surface area contributed by atoms with Crippen LogP contribution in [0.15, 0.2) is 30.6 Å². The van der Waals surface area contributed by atoms with E-state index in [1.54, 1.807) is 0 Å². The second-order valence-electron chi connectivity index (χ2n) is 4.93. The standard InChI is InChI=1S/C16H20N4O/c1-3-9-20-10-17-14-15(20)12-7-5-6-8-13(12)19-16(14)18-11-21-4-2/h5-8,10H,3-4,9,11H2,1-2H3,(H,18,19). The van der Waals surface area contributed by atoms with Crippen LogP contribution >= 0.6 is 0 Å². The summed E-state index contributed by atoms with van der Waals surface area (Å²) in [5, 5.41) is 4.37. The molecule has 0 saturated heterocycles. The summed E-state index contributed by atoms with van der Waals surface area (Å²) in [6.07, 6.45) is 2.97. The number of aryl methyl sites for hydroxylation is 1. The number of imidazole rings is 1. The fourth-order valence-corrected chi connectivity index (χ4v) is 2.54. The third-order valence-electron chi connectivity index (χ3n) is 3.46. The summed E-state index contributed by atoms with van der Waals surface area (Å²) in [5.41, 5.74) is 3.02. The number of fused-ring (bicyclic) bond motifs is 3. The van der Waals surface area contributed by atoms with Gasteiger partial charge in [0, 0.05) is 18.5 Å². The first kappa shape index (κ1) is 13.8.